The number of aryl methyl sites for hydroxylation is 1. The highest BCUT2D eigenvalue weighted by molar-refractivity contribution is 5.94. The van der Waals surface area contributed by atoms with E-state index in [1.807, 2.05) is 19.1 Å². The molecule has 148 valence electrons. The van der Waals surface area contributed by atoms with E-state index in [2.05, 4.69) is 10.3 Å². The van der Waals surface area contributed by atoms with Gasteiger partial charge in [-0.1, -0.05) is 37.1 Å². The lowest BCUT2D eigenvalue weighted by Gasteiger charge is -2.19. The fourth-order valence-corrected chi connectivity index (χ4v) is 3.99. The van der Waals surface area contributed by atoms with E-state index in [4.69, 9.17) is 5.26 Å². The van der Waals surface area contributed by atoms with E-state index in [0.717, 1.165) is 36.8 Å². The van der Waals surface area contributed by atoms with E-state index in [1.165, 1.54) is 0 Å². The first-order chi connectivity index (χ1) is 13.9. The van der Waals surface area contributed by atoms with Gasteiger partial charge in [0.05, 0.1) is 11.6 Å². The molecule has 0 radical (unpaired) electrons. The summed E-state index contributed by atoms with van der Waals surface area (Å²) in [7, 11) is 0. The highest BCUT2D eigenvalue weighted by Crippen LogP contribution is 2.39. The lowest BCUT2D eigenvalue weighted by atomic mass is 9.97. The maximum Gasteiger partial charge on any atom is 0.434 e. The highest BCUT2D eigenvalue weighted by Gasteiger charge is 2.36. The molecule has 3 nitrogen and oxygen atoms in total. The third-order valence-electron chi connectivity index (χ3n) is 5.57. The van der Waals surface area contributed by atoms with Crippen LogP contribution in [0.5, 0.6) is 0 Å². The lowest BCUT2D eigenvalue weighted by molar-refractivity contribution is -0.139. The Bertz CT molecular complexity index is 1090. The Kier molecular flexibility index (Phi) is 4.91. The summed E-state index contributed by atoms with van der Waals surface area (Å²) in [5.41, 5.74) is 1.78. The van der Waals surface area contributed by atoms with E-state index in [1.54, 1.807) is 36.4 Å². The normalized spacial score (nSPS) is 14.9. The minimum Gasteiger partial charge on any atom is -0.367 e. The van der Waals surface area contributed by atoms with Crippen LogP contribution in [0.2, 0.25) is 0 Å². The van der Waals surface area contributed by atoms with Gasteiger partial charge in [0.2, 0.25) is 0 Å². The summed E-state index contributed by atoms with van der Waals surface area (Å²) in [6.07, 6.45) is -0.466. The number of alkyl halides is 3. The Balaban J connectivity index is 1.85. The molecule has 6 heteroatoms. The first-order valence-electron chi connectivity index (χ1n) is 9.65. The monoisotopic (exact) mass is 395 g/mol. The minimum atomic E-state index is -4.55. The van der Waals surface area contributed by atoms with Gasteiger partial charge in [-0.3, -0.25) is 0 Å². The maximum atomic E-state index is 13.8. The molecule has 0 atom stereocenters. The summed E-state index contributed by atoms with van der Waals surface area (Å²) in [5, 5.41) is 12.8. The number of hydrogen-bond acceptors (Lipinski definition) is 3. The van der Waals surface area contributed by atoms with Gasteiger partial charge >= 0.3 is 6.18 Å². The molecule has 0 aliphatic heterocycles. The molecular formula is C23H20F3N3. The summed E-state index contributed by atoms with van der Waals surface area (Å²) in [5.74, 6) is 0.322. The SMILES string of the molecule is Cc1c(NC2CCCC2)nc(C(F)(F)F)c2cc(-c3ccc(C#N)cc3)ccc12. The topological polar surface area (TPSA) is 48.7 Å². The molecule has 1 heterocycles. The second-order valence-electron chi connectivity index (χ2n) is 7.51. The van der Waals surface area contributed by atoms with Gasteiger partial charge in [0.1, 0.15) is 5.82 Å². The number of nitriles is 1. The van der Waals surface area contributed by atoms with Gasteiger partial charge in [-0.05, 0) is 60.0 Å². The number of aromatic nitrogens is 1. The zero-order valence-corrected chi connectivity index (χ0v) is 16.0. The van der Waals surface area contributed by atoms with Gasteiger partial charge in [-0.25, -0.2) is 4.98 Å². The third-order valence-corrected chi connectivity index (χ3v) is 5.57. The number of pyridine rings is 1. The van der Waals surface area contributed by atoms with Gasteiger partial charge in [0.15, 0.2) is 5.69 Å². The van der Waals surface area contributed by atoms with Crippen LogP contribution in [0.25, 0.3) is 21.9 Å². The van der Waals surface area contributed by atoms with Crippen molar-refractivity contribution in [3.05, 3.63) is 59.3 Å². The number of rotatable bonds is 3. The second-order valence-corrected chi connectivity index (χ2v) is 7.51. The minimum absolute atomic E-state index is 0.0915. The number of halogens is 3. The van der Waals surface area contributed by atoms with Crippen LogP contribution in [0, 0.1) is 18.3 Å². The summed E-state index contributed by atoms with van der Waals surface area (Å²) in [6, 6.07) is 14.1. The second kappa shape index (κ2) is 7.40. The number of fused-ring (bicyclic) bond motifs is 1. The number of anilines is 1. The van der Waals surface area contributed by atoms with Crippen molar-refractivity contribution in [2.45, 2.75) is 44.8 Å². The zero-order chi connectivity index (χ0) is 20.6. The average molecular weight is 395 g/mol. The first kappa shape index (κ1) is 19.3. The van der Waals surface area contributed by atoms with Crippen LogP contribution in [-0.2, 0) is 6.18 Å². The molecule has 2 aromatic carbocycles. The van der Waals surface area contributed by atoms with E-state index in [0.29, 0.717) is 22.3 Å². The average Bonchev–Trinajstić information content (AvgIpc) is 3.22. The fourth-order valence-electron chi connectivity index (χ4n) is 3.99. The quantitative estimate of drug-likeness (QED) is 0.554. The van der Waals surface area contributed by atoms with Crippen molar-refractivity contribution in [2.75, 3.05) is 5.32 Å². The Morgan fingerprint density at radius 3 is 2.28 bits per heavy atom. The van der Waals surface area contributed by atoms with E-state index < -0.39 is 11.9 Å². The molecule has 0 bridgehead atoms. The van der Waals surface area contributed by atoms with Crippen LogP contribution in [0.3, 0.4) is 0 Å². The number of benzene rings is 2. The van der Waals surface area contributed by atoms with E-state index >= 15 is 0 Å². The number of nitrogens with one attached hydrogen (secondary N) is 1. The van der Waals surface area contributed by atoms with Gasteiger partial charge in [-0.15, -0.1) is 0 Å². The van der Waals surface area contributed by atoms with Crippen LogP contribution in [0.15, 0.2) is 42.5 Å². The van der Waals surface area contributed by atoms with Crippen LogP contribution >= 0.6 is 0 Å². The molecule has 3 aromatic rings. The summed E-state index contributed by atoms with van der Waals surface area (Å²) >= 11 is 0. The molecule has 29 heavy (non-hydrogen) atoms. The third kappa shape index (κ3) is 3.77. The van der Waals surface area contributed by atoms with Crippen molar-refractivity contribution in [2.24, 2.45) is 0 Å². The smallest absolute Gasteiger partial charge is 0.367 e. The Hall–Kier alpha value is -3.07. The van der Waals surface area contributed by atoms with Crippen molar-refractivity contribution in [3.8, 4) is 17.2 Å². The van der Waals surface area contributed by atoms with Gasteiger partial charge < -0.3 is 5.32 Å². The predicted molar refractivity (Wildman–Crippen MR) is 108 cm³/mol. The molecule has 1 aromatic heterocycles. The predicted octanol–water partition coefficient (Wildman–Crippen LogP) is 6.46. The zero-order valence-electron chi connectivity index (χ0n) is 16.0. The molecular weight excluding hydrogens is 375 g/mol. The van der Waals surface area contributed by atoms with Gasteiger partial charge in [-0.2, -0.15) is 18.4 Å². The van der Waals surface area contributed by atoms with Crippen molar-refractivity contribution >= 4 is 16.6 Å². The Morgan fingerprint density at radius 2 is 1.66 bits per heavy atom. The molecule has 1 aliphatic rings. The van der Waals surface area contributed by atoms with Crippen LogP contribution in [0.1, 0.15) is 42.5 Å². The van der Waals surface area contributed by atoms with Crippen molar-refractivity contribution in [1.82, 2.24) is 4.98 Å². The molecule has 0 saturated heterocycles. The maximum absolute atomic E-state index is 13.8. The lowest BCUT2D eigenvalue weighted by Crippen LogP contribution is -2.19. The van der Waals surface area contributed by atoms with E-state index in [9.17, 15) is 13.2 Å². The molecule has 1 fully saturated rings. The summed E-state index contributed by atoms with van der Waals surface area (Å²) in [4.78, 5) is 4.02. The summed E-state index contributed by atoms with van der Waals surface area (Å²) in [6.45, 7) is 1.81. The molecule has 0 amide bonds. The molecule has 0 unspecified atom stereocenters. The summed E-state index contributed by atoms with van der Waals surface area (Å²) < 4.78 is 41.5. The van der Waals surface area contributed by atoms with E-state index in [-0.39, 0.29) is 11.4 Å². The number of hydrogen-bond donors (Lipinski definition) is 1. The molecule has 0 spiro atoms. The van der Waals surface area contributed by atoms with Crippen molar-refractivity contribution in [1.29, 1.82) is 5.26 Å². The molecule has 1 saturated carbocycles. The van der Waals surface area contributed by atoms with Crippen molar-refractivity contribution in [3.63, 3.8) is 0 Å². The molecule has 4 rings (SSSR count). The largest absolute Gasteiger partial charge is 0.434 e. The van der Waals surface area contributed by atoms with Gasteiger partial charge in [0.25, 0.3) is 0 Å². The van der Waals surface area contributed by atoms with Crippen LogP contribution in [-0.4, -0.2) is 11.0 Å². The van der Waals surface area contributed by atoms with Crippen molar-refractivity contribution < 1.29 is 13.2 Å². The first-order valence-corrected chi connectivity index (χ1v) is 9.65. The Labute approximate surface area is 167 Å². The van der Waals surface area contributed by atoms with Gasteiger partial charge in [0, 0.05) is 11.4 Å². The van der Waals surface area contributed by atoms with Crippen LogP contribution in [0.4, 0.5) is 19.0 Å². The molecule has 1 N–H and O–H groups in total. The highest BCUT2D eigenvalue weighted by atomic mass is 19.4. The van der Waals surface area contributed by atoms with Crippen LogP contribution < -0.4 is 5.32 Å². The fraction of sp³-hybridized carbons (Fsp3) is 0.304. The Morgan fingerprint density at radius 1 is 1.00 bits per heavy atom. The molecule has 1 aliphatic carbocycles. The number of nitrogens with zero attached hydrogens (tertiary/aromatic N) is 2. The standard InChI is InChI=1S/C23H20F3N3/c1-14-19-11-10-17(16-8-6-15(13-27)7-9-16)12-20(19)21(23(24,25)26)29-22(14)28-18-4-2-3-5-18/h6-12,18H,2-5H2,1H3,(H,28,29).